The molecule has 1 aliphatic rings. The van der Waals surface area contributed by atoms with Crippen LogP contribution in [0.15, 0.2) is 86.0 Å². The number of carbonyl (C=O) groups is 3. The number of allylic oxidation sites excluding steroid dienone is 2. The molecule has 0 bridgehead atoms. The van der Waals surface area contributed by atoms with Crippen LogP contribution in [0, 0.1) is 11.8 Å². The monoisotopic (exact) mass is 532 g/mol. The molecule has 3 rings (SSSR count). The van der Waals surface area contributed by atoms with Crippen molar-refractivity contribution in [3.8, 4) is 0 Å². The van der Waals surface area contributed by atoms with Gasteiger partial charge in [0.05, 0.1) is 30.5 Å². The van der Waals surface area contributed by atoms with Crippen molar-refractivity contribution in [1.82, 2.24) is 10.2 Å². The zero-order valence-electron chi connectivity index (χ0n) is 22.5. The molecule has 7 nitrogen and oxygen atoms in total. The molecule has 0 radical (unpaired) electrons. The number of nitrogens with zero attached hydrogens (tertiary/aromatic N) is 1. The molecule has 0 aliphatic carbocycles. The number of aliphatic hydroxyl groups excluding tert-OH is 1. The number of carbonyl (C=O) groups excluding carboxylic acids is 3. The summed E-state index contributed by atoms with van der Waals surface area (Å²) in [6, 6.07) is 18.3. The average Bonchev–Trinajstić information content (AvgIpc) is 3.45. The molecule has 2 aromatic rings. The van der Waals surface area contributed by atoms with Gasteiger partial charge in [0.2, 0.25) is 11.8 Å². The Hall–Kier alpha value is -3.71. The molecule has 1 aliphatic heterocycles. The van der Waals surface area contributed by atoms with E-state index in [9.17, 15) is 19.5 Å². The van der Waals surface area contributed by atoms with E-state index in [1.807, 2.05) is 60.7 Å². The van der Waals surface area contributed by atoms with Crippen molar-refractivity contribution in [2.45, 2.75) is 50.6 Å². The maximum atomic E-state index is 13.4. The van der Waals surface area contributed by atoms with Crippen molar-refractivity contribution >= 4 is 17.8 Å². The van der Waals surface area contributed by atoms with E-state index in [4.69, 9.17) is 4.74 Å². The molecule has 39 heavy (non-hydrogen) atoms. The van der Waals surface area contributed by atoms with Gasteiger partial charge in [0.1, 0.15) is 6.61 Å². The highest BCUT2D eigenvalue weighted by molar-refractivity contribution is 5.86. The lowest BCUT2D eigenvalue weighted by molar-refractivity contribution is -0.150. The molecule has 2 amide bonds. The second-order valence-electron chi connectivity index (χ2n) is 10.0. The fourth-order valence-corrected chi connectivity index (χ4v) is 5.01. The first kappa shape index (κ1) is 29.8. The molecule has 2 N–H and O–H groups in total. The predicted octanol–water partition coefficient (Wildman–Crippen LogP) is 4.39. The van der Waals surface area contributed by atoms with E-state index < -0.39 is 12.0 Å². The summed E-state index contributed by atoms with van der Waals surface area (Å²) >= 11 is 0. The van der Waals surface area contributed by atoms with Crippen LogP contribution < -0.4 is 5.32 Å². The van der Waals surface area contributed by atoms with Crippen LogP contribution in [0.5, 0.6) is 0 Å². The second kappa shape index (κ2) is 15.6. The molecular formula is C32H40N2O5. The van der Waals surface area contributed by atoms with Crippen molar-refractivity contribution < 1.29 is 24.2 Å². The molecule has 0 saturated carbocycles. The zero-order chi connectivity index (χ0) is 28.0. The molecule has 1 heterocycles. The molecule has 7 heteroatoms. The highest BCUT2D eigenvalue weighted by Gasteiger charge is 2.32. The van der Waals surface area contributed by atoms with Crippen LogP contribution in [0.1, 0.15) is 49.3 Å². The Balaban J connectivity index is 1.69. The number of amides is 2. The Kier molecular flexibility index (Phi) is 12.0. The van der Waals surface area contributed by atoms with Gasteiger partial charge in [-0.25, -0.2) is 0 Å². The molecule has 4 atom stereocenters. The first-order valence-electron chi connectivity index (χ1n) is 13.6. The second-order valence-corrected chi connectivity index (χ2v) is 10.0. The van der Waals surface area contributed by atoms with Gasteiger partial charge in [0, 0.05) is 13.0 Å². The summed E-state index contributed by atoms with van der Waals surface area (Å²) in [6.45, 7) is 8.02. The van der Waals surface area contributed by atoms with Gasteiger partial charge >= 0.3 is 5.97 Å². The first-order chi connectivity index (χ1) is 19.0. The summed E-state index contributed by atoms with van der Waals surface area (Å²) in [7, 11) is 0. The van der Waals surface area contributed by atoms with Crippen LogP contribution in [-0.2, 0) is 25.5 Å². The molecule has 208 valence electrons. The van der Waals surface area contributed by atoms with E-state index in [-0.39, 0.29) is 49.4 Å². The maximum Gasteiger partial charge on any atom is 0.309 e. The van der Waals surface area contributed by atoms with Gasteiger partial charge in [0.15, 0.2) is 0 Å². The van der Waals surface area contributed by atoms with Gasteiger partial charge in [-0.15, -0.1) is 13.2 Å². The Morgan fingerprint density at radius 2 is 1.64 bits per heavy atom. The molecule has 2 aromatic carbocycles. The Morgan fingerprint density at radius 1 is 1.00 bits per heavy atom. The van der Waals surface area contributed by atoms with E-state index in [2.05, 4.69) is 18.5 Å². The Bertz CT molecular complexity index is 1090. The van der Waals surface area contributed by atoms with Gasteiger partial charge in [-0.05, 0) is 43.2 Å². The lowest BCUT2D eigenvalue weighted by atomic mass is 9.96. The lowest BCUT2D eigenvalue weighted by Gasteiger charge is -2.26. The maximum absolute atomic E-state index is 13.4. The van der Waals surface area contributed by atoms with Gasteiger partial charge < -0.3 is 20.1 Å². The number of aliphatic hydroxyl groups is 1. The molecule has 1 saturated heterocycles. The largest absolute Gasteiger partial charge is 0.463 e. The standard InChI is InChI=1S/C32H40N2O5/c1-3-12-26(21-30(36)34-19-11-18-28(34)22-35)31(37)33-29(25-16-9-6-10-17-25)23-39-32(38)27(13-4-2)20-24-14-7-5-8-15-24/h3-10,14-17,26-29,35H,1-2,11-13,18-23H2,(H,33,37)/t26-,27+,28+,29-/m1/s1. The van der Waals surface area contributed by atoms with E-state index in [1.165, 1.54) is 0 Å². The summed E-state index contributed by atoms with van der Waals surface area (Å²) < 4.78 is 5.75. The minimum atomic E-state index is -0.622. The molecular weight excluding hydrogens is 492 g/mol. The van der Waals surface area contributed by atoms with Gasteiger partial charge in [-0.2, -0.15) is 0 Å². The first-order valence-corrected chi connectivity index (χ1v) is 13.6. The van der Waals surface area contributed by atoms with Crippen LogP contribution in [0.4, 0.5) is 0 Å². The molecule has 0 unspecified atom stereocenters. The number of ether oxygens (including phenoxy) is 1. The minimum Gasteiger partial charge on any atom is -0.463 e. The third kappa shape index (κ3) is 8.93. The predicted molar refractivity (Wildman–Crippen MR) is 151 cm³/mol. The number of benzene rings is 2. The van der Waals surface area contributed by atoms with Gasteiger partial charge in [0.25, 0.3) is 0 Å². The van der Waals surface area contributed by atoms with Crippen LogP contribution in [0.3, 0.4) is 0 Å². The Morgan fingerprint density at radius 3 is 2.28 bits per heavy atom. The molecule has 1 fully saturated rings. The average molecular weight is 533 g/mol. The quantitative estimate of drug-likeness (QED) is 0.262. The number of esters is 1. The van der Waals surface area contributed by atoms with Crippen LogP contribution in [0.2, 0.25) is 0 Å². The summed E-state index contributed by atoms with van der Waals surface area (Å²) in [5, 5.41) is 12.6. The smallest absolute Gasteiger partial charge is 0.309 e. The van der Waals surface area contributed by atoms with Crippen molar-refractivity contribution in [3.63, 3.8) is 0 Å². The van der Waals surface area contributed by atoms with Crippen LogP contribution in [0.25, 0.3) is 0 Å². The third-order valence-corrected chi connectivity index (χ3v) is 7.17. The highest BCUT2D eigenvalue weighted by atomic mass is 16.5. The summed E-state index contributed by atoms with van der Waals surface area (Å²) in [4.78, 5) is 41.1. The number of hydrogen-bond donors (Lipinski definition) is 2. The normalized spacial score (nSPS) is 17.1. The fourth-order valence-electron chi connectivity index (χ4n) is 5.01. The van der Waals surface area contributed by atoms with Crippen molar-refractivity contribution in [2.24, 2.45) is 11.8 Å². The number of hydrogen-bond acceptors (Lipinski definition) is 5. The number of likely N-dealkylation sites (tertiary alicyclic amines) is 1. The van der Waals surface area contributed by atoms with E-state index in [1.54, 1.807) is 17.1 Å². The third-order valence-electron chi connectivity index (χ3n) is 7.17. The van der Waals surface area contributed by atoms with Crippen molar-refractivity contribution in [3.05, 3.63) is 97.1 Å². The fraction of sp³-hybridized carbons (Fsp3) is 0.406. The minimum absolute atomic E-state index is 0.0220. The van der Waals surface area contributed by atoms with Gasteiger partial charge in [-0.1, -0.05) is 72.8 Å². The summed E-state index contributed by atoms with van der Waals surface area (Å²) in [5.41, 5.74) is 1.83. The van der Waals surface area contributed by atoms with Crippen LogP contribution >= 0.6 is 0 Å². The van der Waals surface area contributed by atoms with Crippen molar-refractivity contribution in [2.75, 3.05) is 19.8 Å². The molecule has 0 aromatic heterocycles. The Labute approximate surface area is 231 Å². The topological polar surface area (TPSA) is 95.9 Å². The SMILES string of the molecule is C=CC[C@H](CC(=O)N1CCC[C@H]1CO)C(=O)N[C@H](COC(=O)[C@@H](CC=C)Cc1ccccc1)c1ccccc1. The summed E-state index contributed by atoms with van der Waals surface area (Å²) in [5.74, 6) is -1.81. The van der Waals surface area contributed by atoms with Gasteiger partial charge in [-0.3, -0.25) is 14.4 Å². The van der Waals surface area contributed by atoms with Crippen molar-refractivity contribution in [1.29, 1.82) is 0 Å². The number of rotatable bonds is 15. The number of nitrogens with one attached hydrogen (secondary N) is 1. The van der Waals surface area contributed by atoms with E-state index in [0.717, 1.165) is 24.0 Å². The van der Waals surface area contributed by atoms with E-state index >= 15 is 0 Å². The van der Waals surface area contributed by atoms with Crippen LogP contribution in [-0.4, -0.2) is 53.6 Å². The zero-order valence-corrected chi connectivity index (χ0v) is 22.5. The summed E-state index contributed by atoms with van der Waals surface area (Å²) in [6.07, 6.45) is 6.31. The van der Waals surface area contributed by atoms with E-state index in [0.29, 0.717) is 25.8 Å². The lowest BCUT2D eigenvalue weighted by Crippen LogP contribution is -2.42. The highest BCUT2D eigenvalue weighted by Crippen LogP contribution is 2.23. The molecule has 0 spiro atoms.